The second-order valence-corrected chi connectivity index (χ2v) is 14.7. The first-order valence-corrected chi connectivity index (χ1v) is 18.0. The average molecular weight is 731 g/mol. The summed E-state index contributed by atoms with van der Waals surface area (Å²) in [5, 5.41) is 29.7. The number of hydrogen-bond donors (Lipinski definition) is 3. The minimum atomic E-state index is -0.972. The lowest BCUT2D eigenvalue weighted by Crippen LogP contribution is -2.43. The number of aliphatic hydroxyl groups is 1. The molecule has 278 valence electrons. The van der Waals surface area contributed by atoms with Crippen molar-refractivity contribution < 1.29 is 32.9 Å². The highest BCUT2D eigenvalue weighted by Gasteiger charge is 2.49. The summed E-state index contributed by atoms with van der Waals surface area (Å²) in [6, 6.07) is 7.16. The van der Waals surface area contributed by atoms with Crippen molar-refractivity contribution in [2.45, 2.75) is 75.8 Å². The van der Waals surface area contributed by atoms with Crippen LogP contribution in [-0.4, -0.2) is 102 Å². The molecule has 2 saturated heterocycles. The first kappa shape index (κ1) is 35.0. The second-order valence-electron chi connectivity index (χ2n) is 14.7. The van der Waals surface area contributed by atoms with Crippen molar-refractivity contribution in [3.63, 3.8) is 0 Å². The summed E-state index contributed by atoms with van der Waals surface area (Å²) in [7, 11) is 3.28. The largest absolute Gasteiger partial charge is 0.508 e. The highest BCUT2D eigenvalue weighted by atomic mass is 19.1. The quantitative estimate of drug-likeness (QED) is 0.168. The molecule has 1 saturated carbocycles. The van der Waals surface area contributed by atoms with E-state index in [2.05, 4.69) is 30.3 Å². The summed E-state index contributed by atoms with van der Waals surface area (Å²) in [4.78, 5) is 30.0. The van der Waals surface area contributed by atoms with Crippen LogP contribution in [0.4, 0.5) is 19.0 Å². The fourth-order valence-corrected chi connectivity index (χ4v) is 8.25. The number of aromatic nitrogens is 5. The Morgan fingerprint density at radius 3 is 2.74 bits per heavy atom. The number of nitrogens with zero attached hydrogens (tertiary/aromatic N) is 7. The van der Waals surface area contributed by atoms with Crippen LogP contribution in [0.2, 0.25) is 0 Å². The zero-order valence-corrected chi connectivity index (χ0v) is 29.7. The Morgan fingerprint density at radius 2 is 1.98 bits per heavy atom. The molecule has 3 fully saturated rings. The predicted octanol–water partition coefficient (Wildman–Crippen LogP) is 5.55. The molecule has 12 nitrogen and oxygen atoms in total. The van der Waals surface area contributed by atoms with Gasteiger partial charge in [-0.25, -0.2) is 13.2 Å². The standard InChI is InChI=1S/C38H41F3N8O4/c1-4-26-29(40)7-6-20-10-24(50)14-27(31(20)26)33-32(41)34-28(17-42-33)35(45-37(44-34)53-19-38-8-5-9-48(38)18-21(39)15-38)43-16-23-13-30(36(52)47(2)3)46-49(23)22-11-25(51)12-22/h6-7,10,13-14,17,21-22,25,50-51H,4-5,8-9,11-12,15-16,18-19H2,1-3H3,(H,43,44,45)/t21-,22-,25+,38+/m1/s1. The summed E-state index contributed by atoms with van der Waals surface area (Å²) in [5.41, 5.74) is 0.681. The lowest BCUT2D eigenvalue weighted by molar-refractivity contribution is 0.0420. The van der Waals surface area contributed by atoms with E-state index in [1.807, 2.05) is 0 Å². The Morgan fingerprint density at radius 1 is 1.17 bits per heavy atom. The summed E-state index contributed by atoms with van der Waals surface area (Å²) >= 11 is 0. The number of hydrogen-bond acceptors (Lipinski definition) is 10. The van der Waals surface area contributed by atoms with Gasteiger partial charge in [-0.2, -0.15) is 15.1 Å². The molecule has 0 radical (unpaired) electrons. The number of rotatable bonds is 10. The summed E-state index contributed by atoms with van der Waals surface area (Å²) in [5.74, 6) is -1.50. The van der Waals surface area contributed by atoms with Crippen LogP contribution in [0.25, 0.3) is 32.9 Å². The number of phenolic OH excluding ortho intramolecular Hbond substituents is 1. The minimum Gasteiger partial charge on any atom is -0.508 e. The van der Waals surface area contributed by atoms with E-state index >= 15 is 8.78 Å². The average Bonchev–Trinajstić information content (AvgIpc) is 3.80. The Bertz CT molecular complexity index is 2240. The number of aryl methyl sites for hydroxylation is 1. The van der Waals surface area contributed by atoms with E-state index in [1.54, 1.807) is 31.8 Å². The van der Waals surface area contributed by atoms with Gasteiger partial charge in [0.15, 0.2) is 11.5 Å². The Labute approximate surface area is 303 Å². The molecule has 8 rings (SSSR count). The van der Waals surface area contributed by atoms with Crippen molar-refractivity contribution in [2.75, 3.05) is 39.1 Å². The molecule has 2 atom stereocenters. The minimum absolute atomic E-state index is 0.109. The summed E-state index contributed by atoms with van der Waals surface area (Å²) in [6.07, 6.45) is 3.28. The Kier molecular flexibility index (Phi) is 8.88. The maximum atomic E-state index is 17.0. The number of nitrogens with one attached hydrogen (secondary N) is 1. The van der Waals surface area contributed by atoms with Crippen molar-refractivity contribution in [3.8, 4) is 23.0 Å². The van der Waals surface area contributed by atoms with Crippen molar-refractivity contribution in [3.05, 3.63) is 65.1 Å². The van der Waals surface area contributed by atoms with E-state index in [4.69, 9.17) is 4.74 Å². The fraction of sp³-hybridized carbons (Fsp3) is 0.447. The summed E-state index contributed by atoms with van der Waals surface area (Å²) < 4.78 is 54.5. The number of fused-ring (bicyclic) bond motifs is 3. The molecule has 1 amide bonds. The van der Waals surface area contributed by atoms with Gasteiger partial charge in [-0.1, -0.05) is 13.0 Å². The molecule has 15 heteroatoms. The molecule has 3 N–H and O–H groups in total. The zero-order chi connectivity index (χ0) is 37.2. The molecule has 53 heavy (non-hydrogen) atoms. The number of aliphatic hydroxyl groups excluding tert-OH is 1. The van der Waals surface area contributed by atoms with Crippen LogP contribution < -0.4 is 10.1 Å². The monoisotopic (exact) mass is 730 g/mol. The fourth-order valence-electron chi connectivity index (χ4n) is 8.25. The number of halogens is 3. The second kappa shape index (κ2) is 13.4. The first-order valence-electron chi connectivity index (χ1n) is 18.0. The number of aromatic hydroxyl groups is 1. The van der Waals surface area contributed by atoms with Crippen LogP contribution in [-0.2, 0) is 13.0 Å². The highest BCUT2D eigenvalue weighted by Crippen LogP contribution is 2.42. The van der Waals surface area contributed by atoms with Crippen LogP contribution in [0.3, 0.4) is 0 Å². The summed E-state index contributed by atoms with van der Waals surface area (Å²) in [6.45, 7) is 3.13. The number of alkyl halides is 1. The van der Waals surface area contributed by atoms with E-state index in [9.17, 15) is 19.4 Å². The van der Waals surface area contributed by atoms with Crippen LogP contribution in [0, 0.1) is 11.6 Å². The van der Waals surface area contributed by atoms with Crippen molar-refractivity contribution >= 4 is 33.4 Å². The number of pyridine rings is 1. The smallest absolute Gasteiger partial charge is 0.319 e. The van der Waals surface area contributed by atoms with Crippen LogP contribution in [0.5, 0.6) is 11.8 Å². The molecule has 0 unspecified atom stereocenters. The van der Waals surface area contributed by atoms with Gasteiger partial charge in [0.25, 0.3) is 5.91 Å². The maximum Gasteiger partial charge on any atom is 0.319 e. The van der Waals surface area contributed by atoms with Gasteiger partial charge >= 0.3 is 6.01 Å². The Balaban J connectivity index is 1.22. The SMILES string of the molecule is CCc1c(F)ccc2cc(O)cc(-c3ncc4c(NCc5cc(C(=O)N(C)C)nn5[C@H]5C[C@@H](O)C5)nc(OC[C@@]56CCCN5C[C@H](F)C6)nc4c3F)c12. The molecule has 1 aliphatic carbocycles. The van der Waals surface area contributed by atoms with Gasteiger partial charge in [0.1, 0.15) is 41.4 Å². The number of carbonyl (C=O) groups is 1. The third-order valence-corrected chi connectivity index (χ3v) is 11.0. The van der Waals surface area contributed by atoms with E-state index in [0.29, 0.717) is 54.3 Å². The van der Waals surface area contributed by atoms with Gasteiger partial charge in [0.05, 0.1) is 35.3 Å². The number of amides is 1. The van der Waals surface area contributed by atoms with E-state index in [-0.39, 0.29) is 70.5 Å². The lowest BCUT2D eigenvalue weighted by atomic mass is 9.89. The van der Waals surface area contributed by atoms with E-state index < -0.39 is 29.4 Å². The van der Waals surface area contributed by atoms with Crippen molar-refractivity contribution in [1.82, 2.24) is 34.5 Å². The van der Waals surface area contributed by atoms with Gasteiger partial charge in [0.2, 0.25) is 0 Å². The van der Waals surface area contributed by atoms with Crippen molar-refractivity contribution in [2.24, 2.45) is 0 Å². The van der Waals surface area contributed by atoms with Gasteiger partial charge in [-0.15, -0.1) is 0 Å². The van der Waals surface area contributed by atoms with Gasteiger partial charge in [-0.3, -0.25) is 19.4 Å². The predicted molar refractivity (Wildman–Crippen MR) is 192 cm³/mol. The molecular formula is C38H41F3N8O4. The molecule has 5 aromatic rings. The van der Waals surface area contributed by atoms with Gasteiger partial charge in [-0.05, 0) is 79.3 Å². The first-order chi connectivity index (χ1) is 25.4. The van der Waals surface area contributed by atoms with Crippen LogP contribution in [0.1, 0.15) is 66.8 Å². The number of carbonyl (C=O) groups excluding carboxylic acids is 1. The Hall–Kier alpha value is -5.02. The number of phenols is 1. The molecule has 2 aromatic carbocycles. The highest BCUT2D eigenvalue weighted by molar-refractivity contribution is 6.01. The third-order valence-electron chi connectivity index (χ3n) is 11.0. The van der Waals surface area contributed by atoms with Crippen LogP contribution in [0.15, 0.2) is 36.5 Å². The van der Waals surface area contributed by atoms with E-state index in [1.165, 1.54) is 35.4 Å². The zero-order valence-electron chi connectivity index (χ0n) is 29.7. The molecule has 0 bridgehead atoms. The van der Waals surface area contributed by atoms with Crippen molar-refractivity contribution in [1.29, 1.82) is 0 Å². The van der Waals surface area contributed by atoms with E-state index in [0.717, 1.165) is 19.4 Å². The molecule has 5 heterocycles. The van der Waals surface area contributed by atoms with Gasteiger partial charge in [0, 0.05) is 38.8 Å². The molecule has 3 aliphatic rings. The van der Waals surface area contributed by atoms with Crippen LogP contribution >= 0.6 is 0 Å². The number of anilines is 1. The van der Waals surface area contributed by atoms with Gasteiger partial charge < -0.3 is 25.2 Å². The third kappa shape index (κ3) is 6.18. The normalized spacial score (nSPS) is 22.7. The molecule has 2 aliphatic heterocycles. The number of ether oxygens (including phenoxy) is 1. The molecular weight excluding hydrogens is 689 g/mol. The molecule has 0 spiro atoms. The maximum absolute atomic E-state index is 17.0. The molecule has 3 aromatic heterocycles. The number of benzene rings is 2. The lowest BCUT2D eigenvalue weighted by Gasteiger charge is -2.32. The topological polar surface area (TPSA) is 142 Å².